The molecule has 1 aliphatic rings. The van der Waals surface area contributed by atoms with Gasteiger partial charge in [0.05, 0.1) is 11.8 Å². The number of aromatic amines is 1. The molecule has 2 aromatic rings. The number of aromatic nitrogens is 2. The zero-order chi connectivity index (χ0) is 19.3. The number of ether oxygens (including phenoxy) is 1. The van der Waals surface area contributed by atoms with Crippen LogP contribution in [0.25, 0.3) is 11.3 Å². The first-order chi connectivity index (χ1) is 13.1. The maximum Gasteiger partial charge on any atom is 0.356 e. The molecule has 140 valence electrons. The Morgan fingerprint density at radius 3 is 2.63 bits per heavy atom. The molecule has 1 N–H and O–H groups in total. The summed E-state index contributed by atoms with van der Waals surface area (Å²) in [5.41, 5.74) is 0.876. The highest BCUT2D eigenvalue weighted by molar-refractivity contribution is 5.90. The summed E-state index contributed by atoms with van der Waals surface area (Å²) in [6, 6.07) is 13.3. The summed E-state index contributed by atoms with van der Waals surface area (Å²) in [7, 11) is 1.61. The monoisotopic (exact) mass is 366 g/mol. The largest absolute Gasteiger partial charge is 0.451 e. The Balaban J connectivity index is 1.60. The van der Waals surface area contributed by atoms with Gasteiger partial charge in [0.25, 0.3) is 5.91 Å². The van der Waals surface area contributed by atoms with Gasteiger partial charge in [0.15, 0.2) is 6.61 Å². The third kappa shape index (κ3) is 4.00. The van der Waals surface area contributed by atoms with E-state index in [1.165, 1.54) is 4.90 Å². The highest BCUT2D eigenvalue weighted by Crippen LogP contribution is 2.32. The molecule has 3 rings (SSSR count). The molecule has 0 radical (unpaired) electrons. The normalized spacial score (nSPS) is 15.6. The number of nitriles is 1. The van der Waals surface area contributed by atoms with Crippen molar-refractivity contribution in [3.05, 3.63) is 42.1 Å². The molecular formula is C20H22N4O3. The Kier molecular flexibility index (Phi) is 5.55. The average molecular weight is 366 g/mol. The van der Waals surface area contributed by atoms with Crippen LogP contribution in [0.3, 0.4) is 0 Å². The fourth-order valence-corrected chi connectivity index (χ4v) is 3.38. The summed E-state index contributed by atoms with van der Waals surface area (Å²) in [6.07, 6.45) is 4.22. The smallest absolute Gasteiger partial charge is 0.356 e. The van der Waals surface area contributed by atoms with Crippen molar-refractivity contribution in [2.45, 2.75) is 37.6 Å². The van der Waals surface area contributed by atoms with Crippen LogP contribution in [0.15, 0.2) is 36.4 Å². The molecule has 0 spiro atoms. The van der Waals surface area contributed by atoms with E-state index in [1.54, 1.807) is 13.1 Å². The number of likely N-dealkylation sites (N-methyl/N-ethyl adjacent to an activating group) is 1. The fraction of sp³-hybridized carbons (Fsp3) is 0.400. The molecule has 1 aromatic heterocycles. The topological polar surface area (TPSA) is 99.1 Å². The molecule has 27 heavy (non-hydrogen) atoms. The molecule has 1 fully saturated rings. The Hall–Kier alpha value is -3.14. The molecule has 1 aromatic carbocycles. The van der Waals surface area contributed by atoms with Crippen molar-refractivity contribution < 1.29 is 14.3 Å². The Morgan fingerprint density at radius 2 is 1.96 bits per heavy atom. The molecule has 1 heterocycles. The average Bonchev–Trinajstić information content (AvgIpc) is 3.22. The molecule has 7 heteroatoms. The van der Waals surface area contributed by atoms with Crippen molar-refractivity contribution in [1.29, 1.82) is 5.26 Å². The number of nitrogens with zero attached hydrogens (tertiary/aromatic N) is 3. The fourth-order valence-electron chi connectivity index (χ4n) is 3.38. The van der Waals surface area contributed by atoms with Crippen LogP contribution >= 0.6 is 0 Å². The highest BCUT2D eigenvalue weighted by atomic mass is 16.5. The van der Waals surface area contributed by atoms with E-state index in [2.05, 4.69) is 16.3 Å². The van der Waals surface area contributed by atoms with Crippen molar-refractivity contribution in [2.24, 2.45) is 0 Å². The first kappa shape index (κ1) is 18.6. The number of rotatable bonds is 5. The number of hydrogen-bond acceptors (Lipinski definition) is 5. The quantitative estimate of drug-likeness (QED) is 0.820. The van der Waals surface area contributed by atoms with Crippen molar-refractivity contribution in [2.75, 3.05) is 13.7 Å². The van der Waals surface area contributed by atoms with Crippen molar-refractivity contribution in [3.63, 3.8) is 0 Å². The zero-order valence-electron chi connectivity index (χ0n) is 15.3. The maximum absolute atomic E-state index is 12.4. The van der Waals surface area contributed by atoms with E-state index in [1.807, 2.05) is 30.3 Å². The number of esters is 1. The highest BCUT2D eigenvalue weighted by Gasteiger charge is 2.39. The van der Waals surface area contributed by atoms with Crippen LogP contribution in [0.4, 0.5) is 0 Å². The summed E-state index contributed by atoms with van der Waals surface area (Å²) in [5.74, 6) is -1.03. The standard InChI is InChI=1S/C20H22N4O3/c1-24(20(14-21)10-6-3-7-11-20)18(25)13-27-19(26)17-12-16(22-23-17)15-8-4-2-5-9-15/h2,4-5,8-9,12H,3,6-7,10-11,13H2,1H3,(H,22,23). The van der Waals surface area contributed by atoms with Gasteiger partial charge in [0.1, 0.15) is 11.2 Å². The van der Waals surface area contributed by atoms with E-state index in [0.717, 1.165) is 24.8 Å². The van der Waals surface area contributed by atoms with E-state index < -0.39 is 18.1 Å². The van der Waals surface area contributed by atoms with Crippen LogP contribution in [-0.2, 0) is 9.53 Å². The van der Waals surface area contributed by atoms with Crippen LogP contribution < -0.4 is 0 Å². The van der Waals surface area contributed by atoms with Gasteiger partial charge in [-0.3, -0.25) is 9.89 Å². The number of nitrogens with one attached hydrogen (secondary N) is 1. The van der Waals surface area contributed by atoms with E-state index in [-0.39, 0.29) is 11.6 Å². The summed E-state index contributed by atoms with van der Waals surface area (Å²) in [5, 5.41) is 16.3. The number of hydrogen-bond donors (Lipinski definition) is 1. The molecule has 1 aliphatic carbocycles. The SMILES string of the molecule is CN(C(=O)COC(=O)c1cc(-c2ccccc2)n[nH]1)C1(C#N)CCCCC1. The molecule has 1 amide bonds. The predicted octanol–water partition coefficient (Wildman–Crippen LogP) is 2.92. The van der Waals surface area contributed by atoms with Crippen molar-refractivity contribution in [1.82, 2.24) is 15.1 Å². The first-order valence-corrected chi connectivity index (χ1v) is 9.01. The van der Waals surface area contributed by atoms with Crippen LogP contribution in [-0.4, -0.2) is 46.2 Å². The summed E-state index contributed by atoms with van der Waals surface area (Å²) < 4.78 is 5.13. The Morgan fingerprint density at radius 1 is 1.26 bits per heavy atom. The Bertz CT molecular complexity index is 848. The van der Waals surface area contributed by atoms with Gasteiger partial charge >= 0.3 is 5.97 Å². The second kappa shape index (κ2) is 8.04. The number of H-pyrrole nitrogens is 1. The van der Waals surface area contributed by atoms with Gasteiger partial charge in [-0.1, -0.05) is 49.6 Å². The van der Waals surface area contributed by atoms with Gasteiger partial charge in [0, 0.05) is 12.6 Å². The summed E-state index contributed by atoms with van der Waals surface area (Å²) in [4.78, 5) is 26.1. The molecule has 1 saturated carbocycles. The number of carbonyl (C=O) groups excluding carboxylic acids is 2. The summed E-state index contributed by atoms with van der Waals surface area (Å²) >= 11 is 0. The third-order valence-electron chi connectivity index (χ3n) is 5.10. The van der Waals surface area contributed by atoms with Crippen LogP contribution in [0.1, 0.15) is 42.6 Å². The van der Waals surface area contributed by atoms with E-state index in [9.17, 15) is 14.9 Å². The third-order valence-corrected chi connectivity index (χ3v) is 5.10. The predicted molar refractivity (Wildman–Crippen MR) is 98.5 cm³/mol. The lowest BCUT2D eigenvalue weighted by atomic mass is 9.81. The molecule has 0 bridgehead atoms. The van der Waals surface area contributed by atoms with Gasteiger partial charge < -0.3 is 9.64 Å². The van der Waals surface area contributed by atoms with E-state index in [4.69, 9.17) is 4.74 Å². The number of benzene rings is 1. The zero-order valence-corrected chi connectivity index (χ0v) is 15.3. The van der Waals surface area contributed by atoms with Gasteiger partial charge in [-0.05, 0) is 18.9 Å². The number of carbonyl (C=O) groups is 2. The van der Waals surface area contributed by atoms with E-state index >= 15 is 0 Å². The molecule has 0 saturated heterocycles. The Labute approximate surface area is 157 Å². The minimum atomic E-state index is -0.795. The summed E-state index contributed by atoms with van der Waals surface area (Å²) in [6.45, 7) is -0.404. The van der Waals surface area contributed by atoms with Gasteiger partial charge in [-0.15, -0.1) is 0 Å². The van der Waals surface area contributed by atoms with Gasteiger partial charge in [-0.25, -0.2) is 4.79 Å². The van der Waals surface area contributed by atoms with Crippen molar-refractivity contribution in [3.8, 4) is 17.3 Å². The minimum Gasteiger partial charge on any atom is -0.451 e. The van der Waals surface area contributed by atoms with Gasteiger partial charge in [0.2, 0.25) is 0 Å². The molecule has 0 aliphatic heterocycles. The second-order valence-electron chi connectivity index (χ2n) is 6.77. The van der Waals surface area contributed by atoms with Crippen LogP contribution in [0.5, 0.6) is 0 Å². The van der Waals surface area contributed by atoms with Crippen LogP contribution in [0, 0.1) is 11.3 Å². The van der Waals surface area contributed by atoms with Gasteiger partial charge in [-0.2, -0.15) is 10.4 Å². The van der Waals surface area contributed by atoms with E-state index in [0.29, 0.717) is 18.5 Å². The maximum atomic E-state index is 12.4. The lowest BCUT2D eigenvalue weighted by Gasteiger charge is -2.38. The number of amides is 1. The molecule has 0 unspecified atom stereocenters. The molecular weight excluding hydrogens is 344 g/mol. The molecule has 7 nitrogen and oxygen atoms in total. The van der Waals surface area contributed by atoms with Crippen molar-refractivity contribution >= 4 is 11.9 Å². The minimum absolute atomic E-state index is 0.178. The second-order valence-corrected chi connectivity index (χ2v) is 6.77. The lowest BCUT2D eigenvalue weighted by molar-refractivity contribution is -0.138. The lowest BCUT2D eigenvalue weighted by Crippen LogP contribution is -2.51. The van der Waals surface area contributed by atoms with Crippen LogP contribution in [0.2, 0.25) is 0 Å². The first-order valence-electron chi connectivity index (χ1n) is 9.01. The molecule has 0 atom stereocenters.